The molecule has 1 atom stereocenters. The topological polar surface area (TPSA) is 41.1 Å². The minimum absolute atomic E-state index is 0.111. The SMILES string of the molecule is Cc1ccc(CNC(=O)NC2CCc3c(F)cccc32)c(C)c1. The molecule has 0 fully saturated rings. The van der Waals surface area contributed by atoms with Crippen molar-refractivity contribution >= 4 is 6.03 Å². The summed E-state index contributed by atoms with van der Waals surface area (Å²) in [5, 5.41) is 5.83. The molecule has 3 nitrogen and oxygen atoms in total. The summed E-state index contributed by atoms with van der Waals surface area (Å²) >= 11 is 0. The third-order valence-electron chi connectivity index (χ3n) is 4.46. The zero-order valence-electron chi connectivity index (χ0n) is 13.4. The summed E-state index contributed by atoms with van der Waals surface area (Å²) in [5.74, 6) is -0.178. The molecule has 0 aliphatic heterocycles. The van der Waals surface area contributed by atoms with E-state index in [-0.39, 0.29) is 17.9 Å². The Morgan fingerprint density at radius 2 is 2.09 bits per heavy atom. The van der Waals surface area contributed by atoms with Crippen molar-refractivity contribution in [2.75, 3.05) is 0 Å². The maximum atomic E-state index is 13.7. The second-order valence-electron chi connectivity index (χ2n) is 6.16. The van der Waals surface area contributed by atoms with Crippen LogP contribution in [0.4, 0.5) is 9.18 Å². The molecule has 0 radical (unpaired) electrons. The lowest BCUT2D eigenvalue weighted by Crippen LogP contribution is -2.37. The maximum Gasteiger partial charge on any atom is 0.315 e. The minimum atomic E-state index is -0.216. The van der Waals surface area contributed by atoms with E-state index >= 15 is 0 Å². The fraction of sp³-hybridized carbons (Fsp3) is 0.316. The predicted molar refractivity (Wildman–Crippen MR) is 88.7 cm³/mol. The van der Waals surface area contributed by atoms with Gasteiger partial charge in [0.2, 0.25) is 0 Å². The van der Waals surface area contributed by atoms with Gasteiger partial charge in [-0.05, 0) is 55.0 Å². The highest BCUT2D eigenvalue weighted by Crippen LogP contribution is 2.32. The molecule has 0 saturated heterocycles. The summed E-state index contributed by atoms with van der Waals surface area (Å²) in [5.41, 5.74) is 5.10. The number of halogens is 1. The Kier molecular flexibility index (Phi) is 4.33. The number of amides is 2. The summed E-state index contributed by atoms with van der Waals surface area (Å²) in [6, 6.07) is 10.9. The molecule has 4 heteroatoms. The number of nitrogens with one attached hydrogen (secondary N) is 2. The molecule has 0 bridgehead atoms. The van der Waals surface area contributed by atoms with Crippen LogP contribution in [0.3, 0.4) is 0 Å². The number of urea groups is 1. The Morgan fingerprint density at radius 3 is 2.87 bits per heavy atom. The monoisotopic (exact) mass is 312 g/mol. The molecular formula is C19H21FN2O. The highest BCUT2D eigenvalue weighted by Gasteiger charge is 2.25. The molecule has 3 rings (SSSR count). The molecule has 2 aromatic carbocycles. The van der Waals surface area contributed by atoms with Gasteiger partial charge in [-0.3, -0.25) is 0 Å². The quantitative estimate of drug-likeness (QED) is 0.886. The van der Waals surface area contributed by atoms with Crippen molar-refractivity contribution in [3.8, 4) is 0 Å². The fourth-order valence-corrected chi connectivity index (χ4v) is 3.19. The van der Waals surface area contributed by atoms with Crippen molar-refractivity contribution in [1.29, 1.82) is 0 Å². The molecule has 2 N–H and O–H groups in total. The summed E-state index contributed by atoms with van der Waals surface area (Å²) in [6.45, 7) is 4.58. The standard InChI is InChI=1S/C19H21FN2O/c1-12-6-7-14(13(2)10-12)11-21-19(23)22-18-9-8-15-16(18)4-3-5-17(15)20/h3-7,10,18H,8-9,11H2,1-2H3,(H2,21,22,23). The maximum absolute atomic E-state index is 13.7. The van der Waals surface area contributed by atoms with Crippen molar-refractivity contribution in [3.05, 3.63) is 70.0 Å². The molecule has 0 heterocycles. The van der Waals surface area contributed by atoms with Crippen LogP contribution in [0.1, 0.15) is 40.3 Å². The molecule has 0 spiro atoms. The van der Waals surface area contributed by atoms with Crippen molar-refractivity contribution < 1.29 is 9.18 Å². The second-order valence-corrected chi connectivity index (χ2v) is 6.16. The highest BCUT2D eigenvalue weighted by molar-refractivity contribution is 5.74. The molecular weight excluding hydrogens is 291 g/mol. The van der Waals surface area contributed by atoms with Gasteiger partial charge < -0.3 is 10.6 Å². The van der Waals surface area contributed by atoms with E-state index < -0.39 is 0 Å². The van der Waals surface area contributed by atoms with Gasteiger partial charge in [0.1, 0.15) is 5.82 Å². The number of carbonyl (C=O) groups excluding carboxylic acids is 1. The van der Waals surface area contributed by atoms with E-state index in [1.54, 1.807) is 6.07 Å². The zero-order valence-corrected chi connectivity index (χ0v) is 13.4. The molecule has 0 saturated carbocycles. The average Bonchev–Trinajstić information content (AvgIpc) is 2.91. The van der Waals surface area contributed by atoms with E-state index in [4.69, 9.17) is 0 Å². The average molecular weight is 312 g/mol. The van der Waals surface area contributed by atoms with Crippen LogP contribution in [0.25, 0.3) is 0 Å². The lowest BCUT2D eigenvalue weighted by atomic mass is 10.1. The van der Waals surface area contributed by atoms with E-state index in [0.29, 0.717) is 13.0 Å². The van der Waals surface area contributed by atoms with Gasteiger partial charge in [0, 0.05) is 6.54 Å². The van der Waals surface area contributed by atoms with Crippen LogP contribution in [0.2, 0.25) is 0 Å². The highest BCUT2D eigenvalue weighted by atomic mass is 19.1. The van der Waals surface area contributed by atoms with Crippen molar-refractivity contribution in [1.82, 2.24) is 10.6 Å². The first-order chi connectivity index (χ1) is 11.0. The molecule has 0 aromatic heterocycles. The van der Waals surface area contributed by atoms with E-state index in [2.05, 4.69) is 16.7 Å². The molecule has 120 valence electrons. The predicted octanol–water partition coefficient (Wildman–Crippen LogP) is 3.93. The van der Waals surface area contributed by atoms with Gasteiger partial charge in [-0.15, -0.1) is 0 Å². The second kappa shape index (κ2) is 6.41. The van der Waals surface area contributed by atoms with Crippen LogP contribution >= 0.6 is 0 Å². The van der Waals surface area contributed by atoms with Crippen LogP contribution in [0, 0.1) is 19.7 Å². The van der Waals surface area contributed by atoms with E-state index in [1.807, 2.05) is 32.0 Å². The summed E-state index contributed by atoms with van der Waals surface area (Å²) in [4.78, 5) is 12.1. The lowest BCUT2D eigenvalue weighted by molar-refractivity contribution is 0.236. The molecule has 1 aliphatic rings. The first-order valence-corrected chi connectivity index (χ1v) is 7.92. The van der Waals surface area contributed by atoms with Crippen LogP contribution in [-0.2, 0) is 13.0 Å². The fourth-order valence-electron chi connectivity index (χ4n) is 3.19. The van der Waals surface area contributed by atoms with E-state index in [1.165, 1.54) is 17.2 Å². The first kappa shape index (κ1) is 15.5. The van der Waals surface area contributed by atoms with Crippen LogP contribution in [0.15, 0.2) is 36.4 Å². The Bertz CT molecular complexity index is 742. The van der Waals surface area contributed by atoms with Gasteiger partial charge in [0.05, 0.1) is 6.04 Å². The minimum Gasteiger partial charge on any atom is -0.334 e. The van der Waals surface area contributed by atoms with Crippen molar-refractivity contribution in [3.63, 3.8) is 0 Å². The van der Waals surface area contributed by atoms with Gasteiger partial charge in [0.15, 0.2) is 0 Å². The number of aryl methyl sites for hydroxylation is 2. The van der Waals surface area contributed by atoms with Crippen molar-refractivity contribution in [2.45, 2.75) is 39.3 Å². The zero-order chi connectivity index (χ0) is 16.4. The van der Waals surface area contributed by atoms with Gasteiger partial charge >= 0.3 is 6.03 Å². The Labute approximate surface area is 135 Å². The molecule has 1 unspecified atom stereocenters. The molecule has 23 heavy (non-hydrogen) atoms. The number of benzene rings is 2. The largest absolute Gasteiger partial charge is 0.334 e. The summed E-state index contributed by atoms with van der Waals surface area (Å²) in [7, 11) is 0. The van der Waals surface area contributed by atoms with Crippen LogP contribution in [0.5, 0.6) is 0 Å². The van der Waals surface area contributed by atoms with Gasteiger partial charge in [0.25, 0.3) is 0 Å². The number of fused-ring (bicyclic) bond motifs is 1. The number of carbonyl (C=O) groups is 1. The number of rotatable bonds is 3. The van der Waals surface area contributed by atoms with Gasteiger partial charge in [-0.2, -0.15) is 0 Å². The summed E-state index contributed by atoms with van der Waals surface area (Å²) in [6.07, 6.45) is 1.41. The number of hydrogen-bond donors (Lipinski definition) is 2. The lowest BCUT2D eigenvalue weighted by Gasteiger charge is -2.15. The molecule has 1 aliphatic carbocycles. The third kappa shape index (κ3) is 3.36. The third-order valence-corrected chi connectivity index (χ3v) is 4.46. The normalized spacial score (nSPS) is 16.0. The Balaban J connectivity index is 1.60. The van der Waals surface area contributed by atoms with E-state index in [9.17, 15) is 9.18 Å². The number of hydrogen-bond acceptors (Lipinski definition) is 1. The van der Waals surface area contributed by atoms with Gasteiger partial charge in [-0.25, -0.2) is 9.18 Å². The Morgan fingerprint density at radius 1 is 1.26 bits per heavy atom. The van der Waals surface area contributed by atoms with Crippen molar-refractivity contribution in [2.24, 2.45) is 0 Å². The molecule has 2 amide bonds. The summed E-state index contributed by atoms with van der Waals surface area (Å²) < 4.78 is 13.7. The van der Waals surface area contributed by atoms with Crippen LogP contribution < -0.4 is 10.6 Å². The van der Waals surface area contributed by atoms with Crippen LogP contribution in [-0.4, -0.2) is 6.03 Å². The first-order valence-electron chi connectivity index (χ1n) is 7.92. The smallest absolute Gasteiger partial charge is 0.315 e. The molecule has 2 aromatic rings. The Hall–Kier alpha value is -2.36. The van der Waals surface area contributed by atoms with E-state index in [0.717, 1.165) is 23.1 Å². The van der Waals surface area contributed by atoms with Gasteiger partial charge in [-0.1, -0.05) is 35.9 Å².